The zero-order valence-corrected chi connectivity index (χ0v) is 10.3. The summed E-state index contributed by atoms with van der Waals surface area (Å²) in [6.07, 6.45) is -0.665. The number of rotatable bonds is 8. The van der Waals surface area contributed by atoms with Gasteiger partial charge in [0.05, 0.1) is 30.8 Å². The van der Waals surface area contributed by atoms with Crippen molar-refractivity contribution in [2.75, 3.05) is 20.3 Å². The molecule has 0 aliphatic heterocycles. The van der Waals surface area contributed by atoms with Gasteiger partial charge in [0.25, 0.3) is 0 Å². The smallest absolute Gasteiger partial charge is 0.332 e. The molecule has 2 N–H and O–H groups in total. The number of ether oxygens (including phenoxy) is 2. The van der Waals surface area contributed by atoms with Crippen LogP contribution in [0, 0.1) is 0 Å². The molecule has 0 aliphatic rings. The summed E-state index contributed by atoms with van der Waals surface area (Å²) in [6.45, 7) is 1.73. The molecule has 0 aliphatic carbocycles. The first-order valence-corrected chi connectivity index (χ1v) is 5.27. The van der Waals surface area contributed by atoms with Gasteiger partial charge in [0.1, 0.15) is 0 Å². The van der Waals surface area contributed by atoms with Crippen molar-refractivity contribution in [1.82, 2.24) is 0 Å². The van der Waals surface area contributed by atoms with E-state index in [0.717, 1.165) is 0 Å². The van der Waals surface area contributed by atoms with E-state index in [9.17, 15) is 14.4 Å². The highest BCUT2D eigenvalue weighted by Crippen LogP contribution is 2.15. The van der Waals surface area contributed by atoms with Crippen molar-refractivity contribution in [3.8, 4) is 0 Å². The van der Waals surface area contributed by atoms with Gasteiger partial charge >= 0.3 is 17.9 Å². The number of esters is 1. The minimum absolute atomic E-state index is 0.0568. The van der Waals surface area contributed by atoms with E-state index in [-0.39, 0.29) is 25.2 Å². The van der Waals surface area contributed by atoms with Gasteiger partial charge in [0.15, 0.2) is 0 Å². The SMILES string of the molecule is CCOC(=O)CC(C(=O)O)=C(CCOC)C(=O)O. The van der Waals surface area contributed by atoms with Crippen molar-refractivity contribution in [2.24, 2.45) is 0 Å². The molecule has 0 atom stereocenters. The van der Waals surface area contributed by atoms with Crippen LogP contribution >= 0.6 is 0 Å². The molecule has 0 fully saturated rings. The number of carboxylic acid groups (broad SMARTS) is 2. The fourth-order valence-corrected chi connectivity index (χ4v) is 1.26. The summed E-state index contributed by atoms with van der Waals surface area (Å²) in [5.74, 6) is -3.60. The predicted octanol–water partition coefficient (Wildman–Crippen LogP) is 0.442. The lowest BCUT2D eigenvalue weighted by atomic mass is 10.0. The lowest BCUT2D eigenvalue weighted by Gasteiger charge is -2.08. The molecular formula is C11H16O7. The van der Waals surface area contributed by atoms with Crippen molar-refractivity contribution < 1.29 is 34.1 Å². The number of aliphatic carboxylic acids is 2. The highest BCUT2D eigenvalue weighted by Gasteiger charge is 2.22. The Bertz CT molecular complexity index is 356. The summed E-state index contributed by atoms with van der Waals surface area (Å²) >= 11 is 0. The van der Waals surface area contributed by atoms with Crippen molar-refractivity contribution in [2.45, 2.75) is 19.8 Å². The van der Waals surface area contributed by atoms with Crippen LogP contribution in [0.4, 0.5) is 0 Å². The molecule has 0 unspecified atom stereocenters. The second-order valence-electron chi connectivity index (χ2n) is 3.29. The van der Waals surface area contributed by atoms with Crippen molar-refractivity contribution in [3.63, 3.8) is 0 Å². The van der Waals surface area contributed by atoms with Gasteiger partial charge in [0, 0.05) is 13.5 Å². The third-order valence-corrected chi connectivity index (χ3v) is 2.06. The highest BCUT2D eigenvalue weighted by molar-refractivity contribution is 6.01. The molecule has 0 heterocycles. The van der Waals surface area contributed by atoms with Gasteiger partial charge in [-0.1, -0.05) is 0 Å². The minimum Gasteiger partial charge on any atom is -0.478 e. The number of carbonyl (C=O) groups is 3. The molecule has 0 amide bonds. The van der Waals surface area contributed by atoms with E-state index in [4.69, 9.17) is 14.9 Å². The molecule has 18 heavy (non-hydrogen) atoms. The number of carbonyl (C=O) groups excluding carboxylic acids is 1. The van der Waals surface area contributed by atoms with Crippen LogP contribution in [0.2, 0.25) is 0 Å². The maximum absolute atomic E-state index is 11.2. The Morgan fingerprint density at radius 1 is 1.06 bits per heavy atom. The van der Waals surface area contributed by atoms with Crippen molar-refractivity contribution in [1.29, 1.82) is 0 Å². The molecule has 0 saturated carbocycles. The van der Waals surface area contributed by atoms with Crippen LogP contribution < -0.4 is 0 Å². The van der Waals surface area contributed by atoms with Crippen molar-refractivity contribution >= 4 is 17.9 Å². The molecule has 0 radical (unpaired) electrons. The Morgan fingerprint density at radius 2 is 1.61 bits per heavy atom. The van der Waals surface area contributed by atoms with E-state index < -0.39 is 29.9 Å². The van der Waals surface area contributed by atoms with Gasteiger partial charge in [-0.05, 0) is 6.92 Å². The summed E-state index contributed by atoms with van der Waals surface area (Å²) in [5, 5.41) is 17.9. The zero-order valence-electron chi connectivity index (χ0n) is 10.3. The number of hydrogen-bond donors (Lipinski definition) is 2. The molecule has 0 aromatic carbocycles. The maximum Gasteiger partial charge on any atom is 0.332 e. The van der Waals surface area contributed by atoms with Gasteiger partial charge in [-0.2, -0.15) is 0 Å². The average molecular weight is 260 g/mol. The van der Waals surface area contributed by atoms with Crippen LogP contribution in [0.3, 0.4) is 0 Å². The van der Waals surface area contributed by atoms with E-state index in [1.54, 1.807) is 6.92 Å². The first-order valence-electron chi connectivity index (χ1n) is 5.27. The summed E-state index contributed by atoms with van der Waals surface area (Å²) in [7, 11) is 1.37. The quantitative estimate of drug-likeness (QED) is 0.481. The zero-order chi connectivity index (χ0) is 14.1. The molecule has 0 spiro atoms. The van der Waals surface area contributed by atoms with E-state index in [2.05, 4.69) is 4.74 Å². The topological polar surface area (TPSA) is 110 Å². The molecule has 0 saturated heterocycles. The first kappa shape index (κ1) is 16.1. The lowest BCUT2D eigenvalue weighted by molar-refractivity contribution is -0.144. The average Bonchev–Trinajstić information content (AvgIpc) is 2.27. The molecule has 0 bridgehead atoms. The normalized spacial score (nSPS) is 11.7. The van der Waals surface area contributed by atoms with Gasteiger partial charge in [-0.3, -0.25) is 4.79 Å². The molecule has 0 aromatic rings. The second-order valence-corrected chi connectivity index (χ2v) is 3.29. The molecule has 0 rings (SSSR count). The van der Waals surface area contributed by atoms with Crippen LogP contribution in [0.15, 0.2) is 11.1 Å². The van der Waals surface area contributed by atoms with Gasteiger partial charge in [-0.15, -0.1) is 0 Å². The van der Waals surface area contributed by atoms with E-state index in [0.29, 0.717) is 0 Å². The third-order valence-electron chi connectivity index (χ3n) is 2.06. The number of methoxy groups -OCH3 is 1. The molecule has 7 heteroatoms. The number of carboxylic acids is 2. The van der Waals surface area contributed by atoms with Crippen LogP contribution in [-0.2, 0) is 23.9 Å². The van der Waals surface area contributed by atoms with E-state index in [1.165, 1.54) is 7.11 Å². The van der Waals surface area contributed by atoms with Gasteiger partial charge in [0.2, 0.25) is 0 Å². The summed E-state index contributed by atoms with van der Waals surface area (Å²) in [6, 6.07) is 0. The second kappa shape index (κ2) is 8.24. The van der Waals surface area contributed by atoms with Gasteiger partial charge in [-0.25, -0.2) is 9.59 Å². The van der Waals surface area contributed by atoms with Crippen LogP contribution in [-0.4, -0.2) is 48.4 Å². The minimum atomic E-state index is -1.45. The van der Waals surface area contributed by atoms with Gasteiger partial charge < -0.3 is 19.7 Å². The third kappa shape index (κ3) is 5.44. The molecular weight excluding hydrogens is 244 g/mol. The maximum atomic E-state index is 11.2. The highest BCUT2D eigenvalue weighted by atomic mass is 16.5. The van der Waals surface area contributed by atoms with E-state index >= 15 is 0 Å². The summed E-state index contributed by atoms with van der Waals surface area (Å²) in [5.41, 5.74) is -0.824. The Balaban J connectivity index is 5.14. The van der Waals surface area contributed by atoms with Crippen LogP contribution in [0.25, 0.3) is 0 Å². The predicted molar refractivity (Wildman–Crippen MR) is 60.0 cm³/mol. The van der Waals surface area contributed by atoms with Crippen molar-refractivity contribution in [3.05, 3.63) is 11.1 Å². The summed E-state index contributed by atoms with van der Waals surface area (Å²) in [4.78, 5) is 33.2. The lowest BCUT2D eigenvalue weighted by Crippen LogP contribution is -2.17. The monoisotopic (exact) mass is 260 g/mol. The standard InChI is InChI=1S/C11H16O7/c1-3-18-9(12)6-8(11(15)16)7(10(13)14)4-5-17-2/h3-6H2,1-2H3,(H,13,14)(H,15,16). The Morgan fingerprint density at radius 3 is 2.00 bits per heavy atom. The van der Waals surface area contributed by atoms with Crippen LogP contribution in [0.5, 0.6) is 0 Å². The fourth-order valence-electron chi connectivity index (χ4n) is 1.26. The molecule has 7 nitrogen and oxygen atoms in total. The molecule has 0 aromatic heterocycles. The fraction of sp³-hybridized carbons (Fsp3) is 0.545. The largest absolute Gasteiger partial charge is 0.478 e. The molecule has 102 valence electrons. The summed E-state index contributed by atoms with van der Waals surface area (Å²) < 4.78 is 9.29. The van der Waals surface area contributed by atoms with Crippen LogP contribution in [0.1, 0.15) is 19.8 Å². The Kier molecular flexibility index (Phi) is 7.37. The van der Waals surface area contributed by atoms with E-state index in [1.807, 2.05) is 0 Å². The Labute approximate surface area is 104 Å². The number of hydrogen-bond acceptors (Lipinski definition) is 5. The Hall–Kier alpha value is -1.89. The first-order chi connectivity index (χ1) is 8.43.